The third kappa shape index (κ3) is 4.17. The topological polar surface area (TPSA) is 67.4 Å². The van der Waals surface area contributed by atoms with E-state index in [1.54, 1.807) is 31.4 Å². The van der Waals surface area contributed by atoms with Crippen LogP contribution in [0.2, 0.25) is 0 Å². The van der Waals surface area contributed by atoms with Gasteiger partial charge in [0, 0.05) is 13.7 Å². The van der Waals surface area contributed by atoms with Gasteiger partial charge in [0.2, 0.25) is 0 Å². The number of aromatic nitrogens is 2. The number of amides is 1. The van der Waals surface area contributed by atoms with Gasteiger partial charge in [0.05, 0.1) is 18.3 Å². The minimum Gasteiger partial charge on any atom is -0.484 e. The lowest BCUT2D eigenvalue weighted by atomic mass is 10.0. The van der Waals surface area contributed by atoms with E-state index in [0.29, 0.717) is 24.5 Å². The first-order chi connectivity index (χ1) is 12.2. The zero-order valence-electron chi connectivity index (χ0n) is 14.2. The maximum atomic E-state index is 13.6. The molecule has 1 aromatic carbocycles. The molecule has 0 spiro atoms. The van der Waals surface area contributed by atoms with Crippen molar-refractivity contribution in [2.24, 2.45) is 0 Å². The second kappa shape index (κ2) is 8.11. The number of nitrogens with one attached hydrogen (secondary N) is 1. The first kappa shape index (κ1) is 17.4. The Kier molecular flexibility index (Phi) is 5.65. The highest BCUT2D eigenvalue weighted by molar-refractivity contribution is 5.92. The number of nitrogens with zero attached hydrogens (tertiary/aromatic N) is 2. The summed E-state index contributed by atoms with van der Waals surface area (Å²) in [6.07, 6.45) is 3.02. The number of rotatable bonds is 6. The van der Waals surface area contributed by atoms with Crippen molar-refractivity contribution >= 4 is 5.91 Å². The van der Waals surface area contributed by atoms with Gasteiger partial charge in [0.15, 0.2) is 17.3 Å². The Bertz CT molecular complexity index is 717. The van der Waals surface area contributed by atoms with Crippen molar-refractivity contribution < 1.29 is 18.7 Å². The second-order valence-corrected chi connectivity index (χ2v) is 6.10. The number of piperidine rings is 1. The minimum atomic E-state index is -0.422. The van der Waals surface area contributed by atoms with E-state index in [-0.39, 0.29) is 24.3 Å². The molecule has 0 bridgehead atoms. The van der Waals surface area contributed by atoms with E-state index in [1.165, 1.54) is 6.07 Å². The SMILES string of the molecule is COCC1CCCCN1C(=O)c1cc(COc2ccccc2F)[nH]n1. The average molecular weight is 347 g/mol. The first-order valence-electron chi connectivity index (χ1n) is 8.40. The molecule has 1 amide bonds. The number of benzene rings is 1. The van der Waals surface area contributed by atoms with Gasteiger partial charge in [-0.05, 0) is 37.5 Å². The summed E-state index contributed by atoms with van der Waals surface area (Å²) >= 11 is 0. The van der Waals surface area contributed by atoms with Crippen molar-refractivity contribution in [2.75, 3.05) is 20.3 Å². The summed E-state index contributed by atoms with van der Waals surface area (Å²) in [5.74, 6) is -0.370. The van der Waals surface area contributed by atoms with Crippen LogP contribution in [0.1, 0.15) is 35.4 Å². The Morgan fingerprint density at radius 1 is 1.40 bits per heavy atom. The minimum absolute atomic E-state index is 0.0843. The Balaban J connectivity index is 1.64. The van der Waals surface area contributed by atoms with Crippen molar-refractivity contribution in [3.05, 3.63) is 47.5 Å². The van der Waals surface area contributed by atoms with Gasteiger partial charge in [0.25, 0.3) is 5.91 Å². The lowest BCUT2D eigenvalue weighted by Crippen LogP contribution is -2.46. The molecule has 1 atom stereocenters. The monoisotopic (exact) mass is 347 g/mol. The number of aromatic amines is 1. The van der Waals surface area contributed by atoms with E-state index < -0.39 is 5.82 Å². The van der Waals surface area contributed by atoms with Crippen molar-refractivity contribution in [1.29, 1.82) is 0 Å². The predicted molar refractivity (Wildman–Crippen MR) is 89.9 cm³/mol. The summed E-state index contributed by atoms with van der Waals surface area (Å²) in [4.78, 5) is 14.5. The highest BCUT2D eigenvalue weighted by atomic mass is 19.1. The molecule has 1 fully saturated rings. The molecule has 3 rings (SSSR count). The van der Waals surface area contributed by atoms with E-state index in [9.17, 15) is 9.18 Å². The zero-order valence-corrected chi connectivity index (χ0v) is 14.2. The van der Waals surface area contributed by atoms with E-state index in [2.05, 4.69) is 10.2 Å². The van der Waals surface area contributed by atoms with Gasteiger partial charge in [-0.1, -0.05) is 12.1 Å². The molecule has 1 N–H and O–H groups in total. The summed E-state index contributed by atoms with van der Waals surface area (Å²) in [5, 5.41) is 6.88. The summed E-state index contributed by atoms with van der Waals surface area (Å²) in [7, 11) is 1.64. The maximum Gasteiger partial charge on any atom is 0.274 e. The summed E-state index contributed by atoms with van der Waals surface area (Å²) in [6, 6.07) is 7.93. The number of likely N-dealkylation sites (tertiary alicyclic amines) is 1. The fraction of sp³-hybridized carbons (Fsp3) is 0.444. The molecule has 1 unspecified atom stereocenters. The van der Waals surface area contributed by atoms with Crippen LogP contribution in [0.3, 0.4) is 0 Å². The number of methoxy groups -OCH3 is 1. The first-order valence-corrected chi connectivity index (χ1v) is 8.40. The van der Waals surface area contributed by atoms with E-state index >= 15 is 0 Å². The fourth-order valence-electron chi connectivity index (χ4n) is 3.04. The number of hydrogen-bond acceptors (Lipinski definition) is 4. The molecule has 0 radical (unpaired) electrons. The maximum absolute atomic E-state index is 13.6. The third-order valence-electron chi connectivity index (χ3n) is 4.32. The van der Waals surface area contributed by atoms with Gasteiger partial charge >= 0.3 is 0 Å². The number of halogens is 1. The molecule has 7 heteroatoms. The van der Waals surface area contributed by atoms with Crippen LogP contribution in [0.25, 0.3) is 0 Å². The highest BCUT2D eigenvalue weighted by Gasteiger charge is 2.28. The number of para-hydroxylation sites is 1. The normalized spacial score (nSPS) is 17.5. The molecule has 1 aliphatic rings. The number of hydrogen-bond donors (Lipinski definition) is 1. The average Bonchev–Trinajstić information content (AvgIpc) is 3.10. The molecule has 2 heterocycles. The Morgan fingerprint density at radius 2 is 2.24 bits per heavy atom. The lowest BCUT2D eigenvalue weighted by Gasteiger charge is -2.34. The number of ether oxygens (including phenoxy) is 2. The number of carbonyl (C=O) groups excluding carboxylic acids is 1. The molecule has 1 aliphatic heterocycles. The Labute approximate surface area is 145 Å². The van der Waals surface area contributed by atoms with Crippen molar-refractivity contribution in [1.82, 2.24) is 15.1 Å². The number of carbonyl (C=O) groups is 1. The molecule has 1 aromatic heterocycles. The van der Waals surface area contributed by atoms with Crippen LogP contribution < -0.4 is 4.74 Å². The summed E-state index contributed by atoms with van der Waals surface area (Å²) < 4.78 is 24.2. The third-order valence-corrected chi connectivity index (χ3v) is 4.32. The van der Waals surface area contributed by atoms with Gasteiger partial charge in [0.1, 0.15) is 6.61 Å². The lowest BCUT2D eigenvalue weighted by molar-refractivity contribution is 0.0423. The summed E-state index contributed by atoms with van der Waals surface area (Å²) in [5.41, 5.74) is 0.960. The van der Waals surface area contributed by atoms with Crippen molar-refractivity contribution in [2.45, 2.75) is 31.9 Å². The molecule has 25 heavy (non-hydrogen) atoms. The van der Waals surface area contributed by atoms with Crippen LogP contribution in [0.5, 0.6) is 5.75 Å². The molecule has 0 aliphatic carbocycles. The van der Waals surface area contributed by atoms with Gasteiger partial charge in [-0.15, -0.1) is 0 Å². The van der Waals surface area contributed by atoms with E-state index in [0.717, 1.165) is 19.3 Å². The van der Waals surface area contributed by atoms with Crippen LogP contribution in [-0.4, -0.2) is 47.3 Å². The van der Waals surface area contributed by atoms with Crippen LogP contribution in [0, 0.1) is 5.82 Å². The molecule has 2 aromatic rings. The van der Waals surface area contributed by atoms with E-state index in [4.69, 9.17) is 9.47 Å². The largest absolute Gasteiger partial charge is 0.484 e. The van der Waals surface area contributed by atoms with Gasteiger partial charge in [-0.2, -0.15) is 5.10 Å². The van der Waals surface area contributed by atoms with Gasteiger partial charge in [-0.25, -0.2) is 4.39 Å². The number of H-pyrrole nitrogens is 1. The van der Waals surface area contributed by atoms with Crippen LogP contribution in [0.15, 0.2) is 30.3 Å². The van der Waals surface area contributed by atoms with Crippen molar-refractivity contribution in [3.8, 4) is 5.75 Å². The summed E-state index contributed by atoms with van der Waals surface area (Å²) in [6.45, 7) is 1.35. The molecule has 0 saturated carbocycles. The smallest absolute Gasteiger partial charge is 0.274 e. The van der Waals surface area contributed by atoms with Crippen molar-refractivity contribution in [3.63, 3.8) is 0 Å². The highest BCUT2D eigenvalue weighted by Crippen LogP contribution is 2.20. The Morgan fingerprint density at radius 3 is 3.04 bits per heavy atom. The zero-order chi connectivity index (χ0) is 17.6. The fourth-order valence-corrected chi connectivity index (χ4v) is 3.04. The molecule has 134 valence electrons. The molecule has 6 nitrogen and oxygen atoms in total. The molecular formula is C18H22FN3O3. The quantitative estimate of drug-likeness (QED) is 0.872. The van der Waals surface area contributed by atoms with E-state index in [1.807, 2.05) is 4.90 Å². The molecule has 1 saturated heterocycles. The van der Waals surface area contributed by atoms with Gasteiger partial charge < -0.3 is 14.4 Å². The molecular weight excluding hydrogens is 325 g/mol. The Hall–Kier alpha value is -2.41. The van der Waals surface area contributed by atoms with Crippen LogP contribution in [-0.2, 0) is 11.3 Å². The van der Waals surface area contributed by atoms with Crippen LogP contribution >= 0.6 is 0 Å². The second-order valence-electron chi connectivity index (χ2n) is 6.10. The predicted octanol–water partition coefficient (Wildman–Crippen LogP) is 2.77. The standard InChI is InChI=1S/C18H22FN3O3/c1-24-12-14-6-4-5-9-22(14)18(23)16-10-13(20-21-16)11-25-17-8-3-2-7-15(17)19/h2-3,7-8,10,14H,4-6,9,11-12H2,1H3,(H,20,21). The van der Waals surface area contributed by atoms with Crippen LogP contribution in [0.4, 0.5) is 4.39 Å². The van der Waals surface area contributed by atoms with Gasteiger partial charge in [-0.3, -0.25) is 9.89 Å².